The van der Waals surface area contributed by atoms with Gasteiger partial charge in [-0.2, -0.15) is 0 Å². The summed E-state index contributed by atoms with van der Waals surface area (Å²) in [6.45, 7) is 3.21. The van der Waals surface area contributed by atoms with Crippen LogP contribution in [0.3, 0.4) is 0 Å². The maximum absolute atomic E-state index is 12.5. The zero-order valence-corrected chi connectivity index (χ0v) is 13.8. The Labute approximate surface area is 143 Å². The van der Waals surface area contributed by atoms with E-state index in [0.29, 0.717) is 32.0 Å². The Hall–Kier alpha value is -2.00. The third kappa shape index (κ3) is 4.76. The fourth-order valence-corrected chi connectivity index (χ4v) is 3.16. The van der Waals surface area contributed by atoms with Crippen LogP contribution >= 0.6 is 0 Å². The molecule has 0 unspecified atom stereocenters. The van der Waals surface area contributed by atoms with E-state index in [4.69, 9.17) is 4.74 Å². The molecule has 1 aromatic rings. The van der Waals surface area contributed by atoms with Crippen LogP contribution in [0.15, 0.2) is 24.3 Å². The minimum atomic E-state index is -4.73. The summed E-state index contributed by atoms with van der Waals surface area (Å²) in [5, 5.41) is 2.72. The molecule has 0 aromatic heterocycles. The number of fused-ring (bicyclic) bond motifs is 3. The quantitative estimate of drug-likeness (QED) is 0.881. The van der Waals surface area contributed by atoms with Crippen LogP contribution in [0.25, 0.3) is 0 Å². The highest BCUT2D eigenvalue weighted by atomic mass is 19.4. The molecular weight excluding hydrogens is 339 g/mol. The van der Waals surface area contributed by atoms with Gasteiger partial charge in [0.2, 0.25) is 0 Å². The maximum Gasteiger partial charge on any atom is 0.573 e. The number of nitrogens with one attached hydrogen (secondary N) is 1. The van der Waals surface area contributed by atoms with E-state index in [1.54, 1.807) is 4.90 Å². The number of nitrogens with zero attached hydrogens (tertiary/aromatic N) is 2. The van der Waals surface area contributed by atoms with Gasteiger partial charge in [-0.25, -0.2) is 4.79 Å². The second-order valence-corrected chi connectivity index (χ2v) is 6.40. The molecule has 2 heterocycles. The Morgan fingerprint density at radius 3 is 2.60 bits per heavy atom. The first kappa shape index (κ1) is 17.8. The lowest BCUT2D eigenvalue weighted by Crippen LogP contribution is -2.46. The van der Waals surface area contributed by atoms with E-state index in [1.165, 1.54) is 24.3 Å². The van der Waals surface area contributed by atoms with Gasteiger partial charge in [-0.1, -0.05) is 0 Å². The Morgan fingerprint density at radius 2 is 1.92 bits per heavy atom. The van der Waals surface area contributed by atoms with Gasteiger partial charge in [0.25, 0.3) is 0 Å². The molecular formula is C16H20F3N3O3. The number of alkyl halides is 3. The van der Waals surface area contributed by atoms with Crippen molar-refractivity contribution in [1.29, 1.82) is 0 Å². The number of likely N-dealkylation sites (N-methyl/N-ethyl adjacent to an activating group) is 1. The van der Waals surface area contributed by atoms with Crippen molar-refractivity contribution in [2.24, 2.45) is 5.92 Å². The Kier molecular flexibility index (Phi) is 5.05. The minimum absolute atomic E-state index is 0.140. The van der Waals surface area contributed by atoms with Crippen molar-refractivity contribution in [1.82, 2.24) is 9.80 Å². The molecule has 0 saturated carbocycles. The number of rotatable bonds is 2. The van der Waals surface area contributed by atoms with E-state index < -0.39 is 6.36 Å². The summed E-state index contributed by atoms with van der Waals surface area (Å²) >= 11 is 0. The molecule has 0 aliphatic carbocycles. The molecule has 2 aliphatic rings. The highest BCUT2D eigenvalue weighted by molar-refractivity contribution is 5.89. The predicted octanol–water partition coefficient (Wildman–Crippen LogP) is 2.38. The lowest BCUT2D eigenvalue weighted by atomic mass is 10.1. The average Bonchev–Trinajstić information content (AvgIpc) is 2.76. The summed E-state index contributed by atoms with van der Waals surface area (Å²) in [7, 11) is 2.02. The second-order valence-electron chi connectivity index (χ2n) is 6.40. The normalized spacial score (nSPS) is 24.6. The van der Waals surface area contributed by atoms with Crippen molar-refractivity contribution >= 4 is 11.7 Å². The Bertz CT molecular complexity index is 609. The van der Waals surface area contributed by atoms with E-state index in [2.05, 4.69) is 15.0 Å². The lowest BCUT2D eigenvalue weighted by molar-refractivity contribution is -0.274. The number of carbonyl (C=O) groups is 1. The van der Waals surface area contributed by atoms with Crippen LogP contribution in [0.2, 0.25) is 0 Å². The molecule has 6 nitrogen and oxygen atoms in total. The zero-order chi connectivity index (χ0) is 18.0. The fourth-order valence-electron chi connectivity index (χ4n) is 3.16. The topological polar surface area (TPSA) is 54.0 Å². The summed E-state index contributed by atoms with van der Waals surface area (Å²) in [5.74, 6) is -0.0839. The van der Waals surface area contributed by atoms with Crippen LogP contribution in [-0.4, -0.2) is 68.1 Å². The lowest BCUT2D eigenvalue weighted by Gasteiger charge is -2.29. The van der Waals surface area contributed by atoms with Crippen LogP contribution in [0, 0.1) is 5.92 Å². The van der Waals surface area contributed by atoms with Gasteiger partial charge < -0.3 is 19.7 Å². The number of halogens is 3. The van der Waals surface area contributed by atoms with Gasteiger partial charge in [-0.05, 0) is 31.3 Å². The maximum atomic E-state index is 12.5. The summed E-state index contributed by atoms with van der Waals surface area (Å²) in [5.41, 5.74) is 0.415. The van der Waals surface area contributed by atoms with Gasteiger partial charge >= 0.3 is 12.4 Å². The number of benzene rings is 1. The van der Waals surface area contributed by atoms with Gasteiger partial charge in [0.05, 0.1) is 19.3 Å². The highest BCUT2D eigenvalue weighted by Crippen LogP contribution is 2.24. The number of hydrogen-bond acceptors (Lipinski definition) is 4. The van der Waals surface area contributed by atoms with Gasteiger partial charge in [0.1, 0.15) is 5.75 Å². The Morgan fingerprint density at radius 1 is 1.20 bits per heavy atom. The van der Waals surface area contributed by atoms with E-state index in [9.17, 15) is 18.0 Å². The number of hydrogen-bond donors (Lipinski definition) is 1. The molecule has 0 radical (unpaired) electrons. The first-order valence-electron chi connectivity index (χ1n) is 8.00. The van der Waals surface area contributed by atoms with Gasteiger partial charge in [0, 0.05) is 31.2 Å². The standard InChI is InChI=1S/C16H20F3N3O3/c1-21-6-11-7-22(8-13(21)10-24-9-11)15(23)20-12-2-4-14(5-3-12)25-16(17,18)19/h2-5,11,13H,6-10H2,1H3,(H,20,23)/t11-,13+/m1/s1. The Balaban J connectivity index is 1.62. The van der Waals surface area contributed by atoms with Crippen LogP contribution in [0.1, 0.15) is 0 Å². The molecule has 2 bridgehead atoms. The summed E-state index contributed by atoms with van der Waals surface area (Å²) in [6, 6.07) is 4.97. The third-order valence-electron chi connectivity index (χ3n) is 4.37. The van der Waals surface area contributed by atoms with Crippen molar-refractivity contribution in [3.8, 4) is 5.75 Å². The van der Waals surface area contributed by atoms with Crippen molar-refractivity contribution in [3.63, 3.8) is 0 Å². The van der Waals surface area contributed by atoms with Crippen LogP contribution in [0.4, 0.5) is 23.7 Å². The fraction of sp³-hybridized carbons (Fsp3) is 0.562. The summed E-state index contributed by atoms with van der Waals surface area (Å²) in [6.07, 6.45) is -4.73. The van der Waals surface area contributed by atoms with E-state index in [0.717, 1.165) is 6.54 Å². The smallest absolute Gasteiger partial charge is 0.406 e. The summed E-state index contributed by atoms with van der Waals surface area (Å²) in [4.78, 5) is 16.5. The monoisotopic (exact) mass is 359 g/mol. The third-order valence-corrected chi connectivity index (χ3v) is 4.37. The first-order chi connectivity index (χ1) is 11.8. The molecule has 2 amide bonds. The number of ether oxygens (including phenoxy) is 2. The highest BCUT2D eigenvalue weighted by Gasteiger charge is 2.33. The van der Waals surface area contributed by atoms with E-state index in [-0.39, 0.29) is 23.7 Å². The summed E-state index contributed by atoms with van der Waals surface area (Å²) < 4.78 is 45.9. The largest absolute Gasteiger partial charge is 0.573 e. The molecule has 3 rings (SSSR count). The van der Waals surface area contributed by atoms with Crippen LogP contribution in [-0.2, 0) is 4.74 Å². The van der Waals surface area contributed by atoms with Gasteiger partial charge in [-0.3, -0.25) is 4.90 Å². The van der Waals surface area contributed by atoms with Crippen molar-refractivity contribution < 1.29 is 27.4 Å². The van der Waals surface area contributed by atoms with Crippen molar-refractivity contribution in [2.45, 2.75) is 12.4 Å². The number of urea groups is 1. The molecule has 2 fully saturated rings. The molecule has 1 N–H and O–H groups in total. The zero-order valence-electron chi connectivity index (χ0n) is 13.8. The molecule has 0 spiro atoms. The second kappa shape index (κ2) is 7.09. The first-order valence-corrected chi connectivity index (χ1v) is 8.00. The van der Waals surface area contributed by atoms with Crippen LogP contribution < -0.4 is 10.1 Å². The predicted molar refractivity (Wildman–Crippen MR) is 84.4 cm³/mol. The molecule has 2 aliphatic heterocycles. The van der Waals surface area contributed by atoms with Crippen molar-refractivity contribution in [3.05, 3.63) is 24.3 Å². The molecule has 2 atom stereocenters. The van der Waals surface area contributed by atoms with E-state index >= 15 is 0 Å². The molecule has 1 aromatic carbocycles. The average molecular weight is 359 g/mol. The number of anilines is 1. The molecule has 2 saturated heterocycles. The van der Waals surface area contributed by atoms with Gasteiger partial charge in [0.15, 0.2) is 0 Å². The number of carbonyl (C=O) groups excluding carboxylic acids is 1. The SMILES string of the molecule is CN1C[C@H]2COC[C@@H]1CN(C(=O)Nc1ccc(OC(F)(F)F)cc1)C2. The van der Waals surface area contributed by atoms with E-state index in [1.807, 2.05) is 7.05 Å². The minimum Gasteiger partial charge on any atom is -0.406 e. The molecule has 9 heteroatoms. The van der Waals surface area contributed by atoms with Crippen LogP contribution in [0.5, 0.6) is 5.75 Å². The number of amides is 2. The molecule has 138 valence electrons. The van der Waals surface area contributed by atoms with Gasteiger partial charge in [-0.15, -0.1) is 13.2 Å². The van der Waals surface area contributed by atoms with Crippen molar-refractivity contribution in [2.75, 3.05) is 45.2 Å². The molecule has 25 heavy (non-hydrogen) atoms.